The topological polar surface area (TPSA) is 43.1 Å². The van der Waals surface area contributed by atoms with Gasteiger partial charge in [0.1, 0.15) is 4.83 Å². The third-order valence-electron chi connectivity index (χ3n) is 3.47. The van der Waals surface area contributed by atoms with E-state index in [9.17, 15) is 4.79 Å². The van der Waals surface area contributed by atoms with Crippen molar-refractivity contribution in [3.63, 3.8) is 0 Å². The average Bonchev–Trinajstić information content (AvgIpc) is 2.87. The number of rotatable bonds is 1. The number of aromatic nitrogens is 1. The highest BCUT2D eigenvalue weighted by Crippen LogP contribution is 2.29. The quantitative estimate of drug-likeness (QED) is 0.523. The van der Waals surface area contributed by atoms with Crippen molar-refractivity contribution in [2.45, 2.75) is 6.92 Å². The average molecular weight is 293 g/mol. The van der Waals surface area contributed by atoms with Crippen molar-refractivity contribution in [3.05, 3.63) is 63.8 Å². The van der Waals surface area contributed by atoms with Gasteiger partial charge in [0, 0.05) is 10.4 Å². The van der Waals surface area contributed by atoms with Gasteiger partial charge in [0.15, 0.2) is 0 Å². The number of hydrogen-bond acceptors (Lipinski definition) is 4. The van der Waals surface area contributed by atoms with E-state index in [1.807, 2.05) is 55.5 Å². The summed E-state index contributed by atoms with van der Waals surface area (Å²) in [4.78, 5) is 18.4. The van der Waals surface area contributed by atoms with Crippen LogP contribution in [0.15, 0.2) is 57.7 Å². The largest absolute Gasteiger partial charge is 0.403 e. The number of fused-ring (bicyclic) bond motifs is 2. The number of benzene rings is 2. The first-order valence-corrected chi connectivity index (χ1v) is 7.43. The molecule has 0 amide bonds. The van der Waals surface area contributed by atoms with Crippen LogP contribution in [0.25, 0.3) is 32.4 Å². The minimum Gasteiger partial charge on any atom is -0.403 e. The summed E-state index contributed by atoms with van der Waals surface area (Å²) in [6, 6.07) is 15.7. The molecule has 0 unspecified atom stereocenters. The van der Waals surface area contributed by atoms with E-state index in [1.165, 1.54) is 11.3 Å². The summed E-state index contributed by atoms with van der Waals surface area (Å²) >= 11 is 1.51. The summed E-state index contributed by atoms with van der Waals surface area (Å²) in [5.74, 6) is 0.381. The Labute approximate surface area is 124 Å². The fourth-order valence-corrected chi connectivity index (χ4v) is 3.38. The second-order valence-electron chi connectivity index (χ2n) is 4.91. The molecular weight excluding hydrogens is 282 g/mol. The van der Waals surface area contributed by atoms with Crippen LogP contribution in [0.4, 0.5) is 0 Å². The molecule has 0 saturated heterocycles. The molecule has 0 aliphatic carbocycles. The minimum absolute atomic E-state index is 0.327. The molecule has 102 valence electrons. The van der Waals surface area contributed by atoms with Gasteiger partial charge in [0.2, 0.25) is 5.89 Å². The summed E-state index contributed by atoms with van der Waals surface area (Å²) in [7, 11) is 0. The standard InChI is InChI=1S/C17H11NO2S/c1-10-9-14-16(21-10)18-15(20-17(14)19)13-8-4-6-11-5-2-3-7-12(11)13/h2-9H,1H3. The van der Waals surface area contributed by atoms with Gasteiger partial charge >= 0.3 is 5.63 Å². The van der Waals surface area contributed by atoms with E-state index >= 15 is 0 Å². The van der Waals surface area contributed by atoms with Gasteiger partial charge in [0.25, 0.3) is 0 Å². The molecule has 2 aromatic carbocycles. The van der Waals surface area contributed by atoms with Crippen LogP contribution >= 0.6 is 11.3 Å². The smallest absolute Gasteiger partial charge is 0.347 e. The molecule has 4 aromatic rings. The molecule has 0 bridgehead atoms. The highest BCUT2D eigenvalue weighted by Gasteiger charge is 2.12. The lowest BCUT2D eigenvalue weighted by molar-refractivity contribution is 0.519. The Hall–Kier alpha value is -2.46. The molecule has 0 aliphatic heterocycles. The maximum absolute atomic E-state index is 12.1. The van der Waals surface area contributed by atoms with Crippen LogP contribution in [-0.4, -0.2) is 4.98 Å². The lowest BCUT2D eigenvalue weighted by Gasteiger charge is -2.04. The SMILES string of the molecule is Cc1cc2c(=O)oc(-c3cccc4ccccc34)nc2s1. The van der Waals surface area contributed by atoms with Crippen molar-refractivity contribution in [2.24, 2.45) is 0 Å². The molecule has 4 rings (SSSR count). The third-order valence-corrected chi connectivity index (χ3v) is 4.41. The van der Waals surface area contributed by atoms with Crippen LogP contribution in [-0.2, 0) is 0 Å². The predicted octanol–water partition coefficient (Wildman–Crippen LogP) is 4.38. The van der Waals surface area contributed by atoms with Gasteiger partial charge in [-0.15, -0.1) is 11.3 Å². The van der Waals surface area contributed by atoms with Gasteiger partial charge in [-0.1, -0.05) is 36.4 Å². The van der Waals surface area contributed by atoms with Crippen molar-refractivity contribution in [2.75, 3.05) is 0 Å². The molecule has 4 heteroatoms. The fraction of sp³-hybridized carbons (Fsp3) is 0.0588. The lowest BCUT2D eigenvalue weighted by atomic mass is 10.0. The molecule has 3 nitrogen and oxygen atoms in total. The number of thiophene rings is 1. The van der Waals surface area contributed by atoms with E-state index in [-0.39, 0.29) is 5.63 Å². The maximum atomic E-state index is 12.1. The first kappa shape index (κ1) is 12.3. The molecule has 0 saturated carbocycles. The molecule has 21 heavy (non-hydrogen) atoms. The zero-order chi connectivity index (χ0) is 14.4. The number of nitrogens with zero attached hydrogens (tertiary/aromatic N) is 1. The Bertz CT molecular complexity index is 1020. The van der Waals surface area contributed by atoms with E-state index in [0.29, 0.717) is 11.3 Å². The fourth-order valence-electron chi connectivity index (χ4n) is 2.52. The van der Waals surface area contributed by atoms with E-state index in [0.717, 1.165) is 26.0 Å². The second kappa shape index (κ2) is 4.53. The molecule has 2 heterocycles. The lowest BCUT2D eigenvalue weighted by Crippen LogP contribution is -2.00. The summed E-state index contributed by atoms with van der Waals surface area (Å²) in [6.07, 6.45) is 0. The van der Waals surface area contributed by atoms with Gasteiger partial charge in [-0.2, -0.15) is 0 Å². The van der Waals surface area contributed by atoms with Gasteiger partial charge in [-0.3, -0.25) is 0 Å². The molecule has 0 N–H and O–H groups in total. The Kier molecular flexibility index (Phi) is 2.65. The molecule has 0 aliphatic rings. The Morgan fingerprint density at radius 3 is 2.76 bits per heavy atom. The highest BCUT2D eigenvalue weighted by molar-refractivity contribution is 7.18. The molecule has 0 spiro atoms. The first-order chi connectivity index (χ1) is 10.2. The van der Waals surface area contributed by atoms with Crippen LogP contribution in [0.2, 0.25) is 0 Å². The molecule has 0 atom stereocenters. The summed E-state index contributed by atoms with van der Waals surface area (Å²) < 4.78 is 5.44. The van der Waals surface area contributed by atoms with E-state index in [1.54, 1.807) is 0 Å². The first-order valence-electron chi connectivity index (χ1n) is 6.62. The maximum Gasteiger partial charge on any atom is 0.347 e. The van der Waals surface area contributed by atoms with Crippen molar-refractivity contribution in [1.82, 2.24) is 4.98 Å². The van der Waals surface area contributed by atoms with Crippen molar-refractivity contribution < 1.29 is 4.42 Å². The molecule has 2 aromatic heterocycles. The normalized spacial score (nSPS) is 11.3. The highest BCUT2D eigenvalue weighted by atomic mass is 32.1. The van der Waals surface area contributed by atoms with Crippen LogP contribution in [0.3, 0.4) is 0 Å². The number of hydrogen-bond donors (Lipinski definition) is 0. The van der Waals surface area contributed by atoms with Gasteiger partial charge in [-0.25, -0.2) is 9.78 Å². The number of aryl methyl sites for hydroxylation is 1. The van der Waals surface area contributed by atoms with E-state index in [4.69, 9.17) is 4.42 Å². The monoisotopic (exact) mass is 293 g/mol. The van der Waals surface area contributed by atoms with Crippen LogP contribution < -0.4 is 5.63 Å². The van der Waals surface area contributed by atoms with Gasteiger partial charge < -0.3 is 4.42 Å². The zero-order valence-corrected chi connectivity index (χ0v) is 12.1. The van der Waals surface area contributed by atoms with Crippen LogP contribution in [0, 0.1) is 6.92 Å². The zero-order valence-electron chi connectivity index (χ0n) is 11.3. The Morgan fingerprint density at radius 1 is 1.05 bits per heavy atom. The molecule has 0 fully saturated rings. The third kappa shape index (κ3) is 1.96. The predicted molar refractivity (Wildman–Crippen MR) is 85.8 cm³/mol. The summed E-state index contributed by atoms with van der Waals surface area (Å²) in [5, 5.41) is 2.69. The van der Waals surface area contributed by atoms with Crippen molar-refractivity contribution >= 4 is 32.3 Å². The summed E-state index contributed by atoms with van der Waals surface area (Å²) in [5.41, 5.74) is 0.519. The van der Waals surface area contributed by atoms with Crippen molar-refractivity contribution in [1.29, 1.82) is 0 Å². The van der Waals surface area contributed by atoms with E-state index in [2.05, 4.69) is 4.98 Å². The second-order valence-corrected chi connectivity index (χ2v) is 6.14. The van der Waals surface area contributed by atoms with Crippen LogP contribution in [0.1, 0.15) is 4.88 Å². The van der Waals surface area contributed by atoms with Gasteiger partial charge in [0.05, 0.1) is 5.39 Å². The molecule has 0 radical (unpaired) electrons. The van der Waals surface area contributed by atoms with Crippen molar-refractivity contribution in [3.8, 4) is 11.5 Å². The minimum atomic E-state index is -0.327. The van der Waals surface area contributed by atoms with Gasteiger partial charge in [-0.05, 0) is 29.8 Å². The summed E-state index contributed by atoms with van der Waals surface area (Å²) in [6.45, 7) is 1.96. The van der Waals surface area contributed by atoms with Crippen LogP contribution in [0.5, 0.6) is 0 Å². The Balaban J connectivity index is 2.07. The Morgan fingerprint density at radius 2 is 1.86 bits per heavy atom. The van der Waals surface area contributed by atoms with E-state index < -0.39 is 0 Å². The molecular formula is C17H11NO2S.